The van der Waals surface area contributed by atoms with Crippen LogP contribution < -0.4 is 5.32 Å². The van der Waals surface area contributed by atoms with Crippen molar-refractivity contribution in [2.45, 2.75) is 0 Å². The monoisotopic (exact) mass is 387 g/mol. The van der Waals surface area contributed by atoms with Gasteiger partial charge in [-0.25, -0.2) is 0 Å². The molecule has 0 spiro atoms. The Balaban J connectivity index is 2.22. The summed E-state index contributed by atoms with van der Waals surface area (Å²) in [6.07, 6.45) is 4.07. The average molecular weight is 388 g/mol. The summed E-state index contributed by atoms with van der Waals surface area (Å²) in [5, 5.41) is 23.1. The Morgan fingerprint density at radius 2 is 1.81 bits per heavy atom. The lowest BCUT2D eigenvalue weighted by Gasteiger charge is -2.08. The molecule has 8 heteroatoms. The van der Waals surface area contributed by atoms with E-state index in [4.69, 9.17) is 28.5 Å². The summed E-state index contributed by atoms with van der Waals surface area (Å²) in [7, 11) is 0. The van der Waals surface area contributed by atoms with Gasteiger partial charge in [-0.2, -0.15) is 5.26 Å². The van der Waals surface area contributed by atoms with Crippen molar-refractivity contribution in [1.82, 2.24) is 0 Å². The number of nitro benzene ring substituents is 1. The summed E-state index contributed by atoms with van der Waals surface area (Å²) in [6.45, 7) is 0. The highest BCUT2D eigenvalue weighted by molar-refractivity contribution is 6.40. The quantitative estimate of drug-likeness (QED) is 0.256. The van der Waals surface area contributed by atoms with Crippen molar-refractivity contribution < 1.29 is 9.72 Å². The number of nitriles is 1. The maximum absolute atomic E-state index is 12.2. The fourth-order valence-corrected chi connectivity index (χ4v) is 2.50. The van der Waals surface area contributed by atoms with Gasteiger partial charge in [0.1, 0.15) is 11.6 Å². The molecule has 26 heavy (non-hydrogen) atoms. The number of rotatable bonds is 5. The van der Waals surface area contributed by atoms with Crippen LogP contribution in [0.3, 0.4) is 0 Å². The van der Waals surface area contributed by atoms with E-state index in [1.807, 2.05) is 0 Å². The van der Waals surface area contributed by atoms with Gasteiger partial charge in [-0.05, 0) is 30.4 Å². The Kier molecular flexibility index (Phi) is 6.50. The van der Waals surface area contributed by atoms with Crippen molar-refractivity contribution in [3.63, 3.8) is 0 Å². The standard InChI is InChI=1S/C18H11Cl2N3O3/c19-14-8-4-9-15(20)17(14)22-18(24)13(11-21)7-3-6-12-5-1-2-10-16(12)23(25)26/h1-10H,(H,22,24)/b6-3+,13-7+. The van der Waals surface area contributed by atoms with E-state index in [9.17, 15) is 14.9 Å². The zero-order valence-corrected chi connectivity index (χ0v) is 14.7. The van der Waals surface area contributed by atoms with Gasteiger partial charge < -0.3 is 5.32 Å². The zero-order valence-electron chi connectivity index (χ0n) is 13.1. The Bertz CT molecular complexity index is 942. The highest BCUT2D eigenvalue weighted by Gasteiger charge is 2.13. The van der Waals surface area contributed by atoms with Crippen molar-refractivity contribution in [2.24, 2.45) is 0 Å². The SMILES string of the molecule is N#C/C(=C\C=C\c1ccccc1[N+](=O)[O-])C(=O)Nc1c(Cl)cccc1Cl. The Morgan fingerprint density at radius 3 is 2.42 bits per heavy atom. The number of nitro groups is 1. The van der Waals surface area contributed by atoms with Crippen LogP contribution in [-0.2, 0) is 4.79 Å². The fourth-order valence-electron chi connectivity index (χ4n) is 2.00. The van der Waals surface area contributed by atoms with Crippen LogP contribution in [0.1, 0.15) is 5.56 Å². The molecule has 2 aromatic rings. The van der Waals surface area contributed by atoms with Crippen LogP contribution in [0.4, 0.5) is 11.4 Å². The second kappa shape index (κ2) is 8.81. The minimum atomic E-state index is -0.699. The van der Waals surface area contributed by atoms with Gasteiger partial charge >= 0.3 is 0 Å². The number of allylic oxidation sites excluding steroid dienone is 2. The lowest BCUT2D eigenvalue weighted by atomic mass is 10.1. The Morgan fingerprint density at radius 1 is 1.15 bits per heavy atom. The average Bonchev–Trinajstić information content (AvgIpc) is 2.62. The van der Waals surface area contributed by atoms with E-state index in [1.165, 1.54) is 24.3 Å². The van der Waals surface area contributed by atoms with E-state index >= 15 is 0 Å². The largest absolute Gasteiger partial charge is 0.319 e. The molecule has 0 fully saturated rings. The molecule has 0 unspecified atom stereocenters. The van der Waals surface area contributed by atoms with Crippen LogP contribution in [0, 0.1) is 21.4 Å². The first-order chi connectivity index (χ1) is 12.4. The first-order valence-corrected chi connectivity index (χ1v) is 7.97. The third kappa shape index (κ3) is 4.70. The number of nitrogens with zero attached hydrogens (tertiary/aromatic N) is 2. The molecular formula is C18H11Cl2N3O3. The molecule has 6 nitrogen and oxygen atoms in total. The van der Waals surface area contributed by atoms with Crippen molar-refractivity contribution in [1.29, 1.82) is 5.26 Å². The van der Waals surface area contributed by atoms with Gasteiger partial charge in [0.05, 0.1) is 26.2 Å². The fraction of sp³-hybridized carbons (Fsp3) is 0. The molecule has 0 aliphatic carbocycles. The summed E-state index contributed by atoms with van der Waals surface area (Å²) < 4.78 is 0. The van der Waals surface area contributed by atoms with E-state index in [-0.39, 0.29) is 27.0 Å². The molecule has 0 saturated heterocycles. The van der Waals surface area contributed by atoms with Crippen LogP contribution in [0.25, 0.3) is 6.08 Å². The number of halogens is 2. The Labute approximate surface area is 159 Å². The van der Waals surface area contributed by atoms with Gasteiger partial charge in [0.2, 0.25) is 0 Å². The van der Waals surface area contributed by atoms with Gasteiger partial charge in [-0.3, -0.25) is 14.9 Å². The number of hydrogen-bond acceptors (Lipinski definition) is 4. The second-order valence-electron chi connectivity index (χ2n) is 4.92. The highest BCUT2D eigenvalue weighted by Crippen LogP contribution is 2.30. The number of benzene rings is 2. The normalized spacial score (nSPS) is 11.2. The minimum Gasteiger partial charge on any atom is -0.319 e. The summed E-state index contributed by atoms with van der Waals surface area (Å²) in [6, 6.07) is 12.6. The molecule has 1 N–H and O–H groups in total. The van der Waals surface area contributed by atoms with Crippen LogP contribution >= 0.6 is 23.2 Å². The lowest BCUT2D eigenvalue weighted by molar-refractivity contribution is -0.385. The minimum absolute atomic E-state index is 0.0806. The van der Waals surface area contributed by atoms with Crippen LogP contribution in [-0.4, -0.2) is 10.8 Å². The predicted octanol–water partition coefficient (Wildman–Crippen LogP) is 5.00. The maximum Gasteiger partial charge on any atom is 0.276 e. The first-order valence-electron chi connectivity index (χ1n) is 7.21. The number of para-hydroxylation sites is 2. The second-order valence-corrected chi connectivity index (χ2v) is 5.73. The van der Waals surface area contributed by atoms with Crippen molar-refractivity contribution in [3.8, 4) is 6.07 Å². The molecular weight excluding hydrogens is 377 g/mol. The van der Waals surface area contributed by atoms with Crippen LogP contribution in [0.15, 0.2) is 60.2 Å². The first kappa shape index (κ1) is 19.2. The molecule has 0 aliphatic rings. The Hall–Kier alpha value is -3.14. The third-order valence-corrected chi connectivity index (χ3v) is 3.87. The number of anilines is 1. The van der Waals surface area contributed by atoms with Crippen molar-refractivity contribution in [2.75, 3.05) is 5.32 Å². The van der Waals surface area contributed by atoms with Crippen molar-refractivity contribution in [3.05, 3.63) is 85.9 Å². The molecule has 1 amide bonds. The molecule has 0 heterocycles. The van der Waals surface area contributed by atoms with E-state index < -0.39 is 10.8 Å². The summed E-state index contributed by atoms with van der Waals surface area (Å²) in [5.41, 5.74) is 0.254. The topological polar surface area (TPSA) is 96.0 Å². The van der Waals surface area contributed by atoms with E-state index in [2.05, 4.69) is 5.32 Å². The van der Waals surface area contributed by atoms with Gasteiger partial charge in [0.25, 0.3) is 11.6 Å². The molecule has 2 aromatic carbocycles. The molecule has 130 valence electrons. The van der Waals surface area contributed by atoms with E-state index in [1.54, 1.807) is 42.5 Å². The number of carbonyl (C=O) groups is 1. The summed E-state index contributed by atoms with van der Waals surface area (Å²) >= 11 is 11.9. The van der Waals surface area contributed by atoms with Crippen LogP contribution in [0.2, 0.25) is 10.0 Å². The van der Waals surface area contributed by atoms with E-state index in [0.717, 1.165) is 0 Å². The third-order valence-electron chi connectivity index (χ3n) is 3.24. The van der Waals surface area contributed by atoms with Gasteiger partial charge in [0.15, 0.2) is 0 Å². The molecule has 2 rings (SSSR count). The molecule has 0 aromatic heterocycles. The van der Waals surface area contributed by atoms with E-state index in [0.29, 0.717) is 5.56 Å². The summed E-state index contributed by atoms with van der Waals surface area (Å²) in [5.74, 6) is -0.699. The smallest absolute Gasteiger partial charge is 0.276 e. The molecule has 0 atom stereocenters. The maximum atomic E-state index is 12.2. The van der Waals surface area contributed by atoms with Gasteiger partial charge in [-0.1, -0.05) is 47.5 Å². The highest BCUT2D eigenvalue weighted by atomic mass is 35.5. The number of amides is 1. The van der Waals surface area contributed by atoms with Crippen LogP contribution in [0.5, 0.6) is 0 Å². The number of hydrogen-bond donors (Lipinski definition) is 1. The number of carbonyl (C=O) groups excluding carboxylic acids is 1. The molecule has 0 saturated carbocycles. The van der Waals surface area contributed by atoms with Gasteiger partial charge in [-0.15, -0.1) is 0 Å². The zero-order chi connectivity index (χ0) is 19.1. The predicted molar refractivity (Wildman–Crippen MR) is 101 cm³/mol. The molecule has 0 radical (unpaired) electrons. The number of nitrogens with one attached hydrogen (secondary N) is 1. The van der Waals surface area contributed by atoms with Crippen molar-refractivity contribution >= 4 is 46.6 Å². The molecule has 0 bridgehead atoms. The lowest BCUT2D eigenvalue weighted by Crippen LogP contribution is -2.14. The molecule has 0 aliphatic heterocycles. The van der Waals surface area contributed by atoms with Gasteiger partial charge in [0, 0.05) is 6.07 Å². The summed E-state index contributed by atoms with van der Waals surface area (Å²) in [4.78, 5) is 22.7.